The summed E-state index contributed by atoms with van der Waals surface area (Å²) in [6.07, 6.45) is 1.55. The van der Waals surface area contributed by atoms with Gasteiger partial charge >= 0.3 is 11.9 Å². The van der Waals surface area contributed by atoms with Crippen LogP contribution in [-0.4, -0.2) is 39.6 Å². The largest absolute Gasteiger partial charge is 0.465 e. The fraction of sp³-hybridized carbons (Fsp3) is 0.312. The maximum Gasteiger partial charge on any atom is 0.348 e. The highest BCUT2D eigenvalue weighted by atomic mass is 32.2. The number of hydrogen-bond acceptors (Lipinski definition) is 8. The number of thiophene rings is 1. The second-order valence-electron chi connectivity index (χ2n) is 5.30. The molecule has 8 nitrogen and oxygen atoms in total. The summed E-state index contributed by atoms with van der Waals surface area (Å²) in [5, 5.41) is 0. The van der Waals surface area contributed by atoms with Gasteiger partial charge in [0.1, 0.15) is 4.88 Å². The number of sulfonamides is 1. The third-order valence-electron chi connectivity index (χ3n) is 3.58. The molecule has 10 heteroatoms. The van der Waals surface area contributed by atoms with Gasteiger partial charge in [0.25, 0.3) is 10.0 Å². The van der Waals surface area contributed by atoms with Crippen LogP contribution in [0.2, 0.25) is 0 Å². The van der Waals surface area contributed by atoms with E-state index in [1.54, 1.807) is 31.3 Å². The number of rotatable bonds is 6. The van der Waals surface area contributed by atoms with Gasteiger partial charge in [-0.3, -0.25) is 4.98 Å². The molecule has 2 heterocycles. The Morgan fingerprint density at radius 3 is 2.38 bits per heavy atom. The Hall–Kier alpha value is -2.30. The van der Waals surface area contributed by atoms with Crippen molar-refractivity contribution in [1.82, 2.24) is 9.71 Å². The van der Waals surface area contributed by atoms with Crippen molar-refractivity contribution in [2.75, 3.05) is 14.2 Å². The first-order valence-electron chi connectivity index (χ1n) is 7.46. The molecule has 0 saturated carbocycles. The van der Waals surface area contributed by atoms with Gasteiger partial charge in [0.05, 0.1) is 31.5 Å². The molecule has 2 rings (SSSR count). The monoisotopic (exact) mass is 398 g/mol. The fourth-order valence-electron chi connectivity index (χ4n) is 2.28. The molecule has 0 aliphatic rings. The highest BCUT2D eigenvalue weighted by Gasteiger charge is 2.33. The number of carbonyl (C=O) groups excluding carboxylic acids is 2. The van der Waals surface area contributed by atoms with E-state index < -0.39 is 28.0 Å². The summed E-state index contributed by atoms with van der Waals surface area (Å²) in [5.41, 5.74) is 0.523. The quantitative estimate of drug-likeness (QED) is 0.741. The summed E-state index contributed by atoms with van der Waals surface area (Å²) in [4.78, 5) is 28.1. The van der Waals surface area contributed by atoms with Crippen molar-refractivity contribution in [3.05, 3.63) is 46.1 Å². The molecule has 0 bridgehead atoms. The van der Waals surface area contributed by atoms with Crippen LogP contribution in [0.3, 0.4) is 0 Å². The van der Waals surface area contributed by atoms with Gasteiger partial charge in [0, 0.05) is 6.20 Å². The van der Waals surface area contributed by atoms with Crippen molar-refractivity contribution in [3.63, 3.8) is 0 Å². The van der Waals surface area contributed by atoms with Gasteiger partial charge in [-0.1, -0.05) is 6.07 Å². The minimum absolute atomic E-state index is 0.0266. The number of hydrogen-bond donors (Lipinski definition) is 1. The average Bonchev–Trinajstić information content (AvgIpc) is 2.99. The van der Waals surface area contributed by atoms with Crippen LogP contribution in [0.25, 0.3) is 0 Å². The van der Waals surface area contributed by atoms with Crippen molar-refractivity contribution in [2.45, 2.75) is 24.1 Å². The molecule has 26 heavy (non-hydrogen) atoms. The highest BCUT2D eigenvalue weighted by molar-refractivity contribution is 7.91. The van der Waals surface area contributed by atoms with Crippen molar-refractivity contribution >= 4 is 33.3 Å². The van der Waals surface area contributed by atoms with Crippen LogP contribution in [0.1, 0.15) is 44.3 Å². The molecule has 0 spiro atoms. The van der Waals surface area contributed by atoms with Gasteiger partial charge in [-0.2, -0.15) is 0 Å². The summed E-state index contributed by atoms with van der Waals surface area (Å²) in [6, 6.07) is 4.48. The Labute approximate surface area is 155 Å². The van der Waals surface area contributed by atoms with Crippen molar-refractivity contribution < 1.29 is 27.5 Å². The van der Waals surface area contributed by atoms with Gasteiger partial charge in [0.2, 0.25) is 0 Å². The van der Waals surface area contributed by atoms with Gasteiger partial charge in [-0.15, -0.1) is 11.3 Å². The van der Waals surface area contributed by atoms with Gasteiger partial charge < -0.3 is 9.47 Å². The van der Waals surface area contributed by atoms with Gasteiger partial charge in [-0.05, 0) is 31.5 Å². The maximum atomic E-state index is 12.8. The minimum Gasteiger partial charge on any atom is -0.465 e. The average molecular weight is 398 g/mol. The lowest BCUT2D eigenvalue weighted by Crippen LogP contribution is -2.28. The zero-order chi connectivity index (χ0) is 19.5. The van der Waals surface area contributed by atoms with E-state index in [0.29, 0.717) is 17.0 Å². The van der Waals surface area contributed by atoms with Crippen molar-refractivity contribution in [3.8, 4) is 0 Å². The molecule has 0 aromatic carbocycles. The molecule has 0 saturated heterocycles. The Balaban J connectivity index is 2.51. The van der Waals surface area contributed by atoms with Crippen LogP contribution < -0.4 is 4.72 Å². The normalized spacial score (nSPS) is 12.5. The molecule has 0 amide bonds. The fourth-order valence-corrected chi connectivity index (χ4v) is 5.26. The van der Waals surface area contributed by atoms with Gasteiger partial charge in [0.15, 0.2) is 4.21 Å². The lowest BCUT2D eigenvalue weighted by Gasteiger charge is -2.13. The highest BCUT2D eigenvalue weighted by Crippen LogP contribution is 2.33. The van der Waals surface area contributed by atoms with E-state index in [0.717, 1.165) is 7.11 Å². The first-order valence-corrected chi connectivity index (χ1v) is 9.76. The maximum absolute atomic E-state index is 12.8. The van der Waals surface area contributed by atoms with E-state index in [4.69, 9.17) is 0 Å². The topological polar surface area (TPSA) is 112 Å². The molecular weight excluding hydrogens is 380 g/mol. The van der Waals surface area contributed by atoms with Crippen LogP contribution in [-0.2, 0) is 19.5 Å². The predicted octanol–water partition coefficient (Wildman–Crippen LogP) is 2.06. The molecular formula is C16H18N2O6S2. The number of nitrogens with zero attached hydrogens (tertiary/aromatic N) is 1. The van der Waals surface area contributed by atoms with E-state index >= 15 is 0 Å². The third kappa shape index (κ3) is 3.92. The third-order valence-corrected chi connectivity index (χ3v) is 6.91. The Morgan fingerprint density at radius 1 is 1.19 bits per heavy atom. The number of methoxy groups -OCH3 is 2. The molecule has 0 radical (unpaired) electrons. The lowest BCUT2D eigenvalue weighted by atomic mass is 10.2. The lowest BCUT2D eigenvalue weighted by molar-refractivity contribution is 0.0596. The molecule has 1 atom stereocenters. The summed E-state index contributed by atoms with van der Waals surface area (Å²) in [6.45, 7) is 3.09. The smallest absolute Gasteiger partial charge is 0.348 e. The standard InChI is InChI=1S/C16H18N2O6S2/c1-9-12(14(19)23-3)16(25-13(9)15(20)24-4)26(21,22)18-10(2)11-7-5-6-8-17-11/h5-8,10,18H,1-4H3/t10-/m0/s1. The van der Waals surface area contributed by atoms with E-state index in [-0.39, 0.29) is 20.2 Å². The molecule has 140 valence electrons. The molecule has 0 unspecified atom stereocenters. The molecule has 0 aliphatic heterocycles. The molecule has 2 aromatic heterocycles. The zero-order valence-electron chi connectivity index (χ0n) is 14.6. The Morgan fingerprint density at radius 2 is 1.85 bits per heavy atom. The van der Waals surface area contributed by atoms with E-state index in [9.17, 15) is 18.0 Å². The molecule has 2 aromatic rings. The number of aromatic nitrogens is 1. The van der Waals surface area contributed by atoms with E-state index in [1.165, 1.54) is 14.0 Å². The summed E-state index contributed by atoms with van der Waals surface area (Å²) in [7, 11) is -1.80. The van der Waals surface area contributed by atoms with E-state index in [2.05, 4.69) is 19.2 Å². The first kappa shape index (κ1) is 20.0. The number of carbonyl (C=O) groups is 2. The van der Waals surface area contributed by atoms with Crippen molar-refractivity contribution in [2.24, 2.45) is 0 Å². The van der Waals surface area contributed by atoms with Crippen molar-refractivity contribution in [1.29, 1.82) is 0 Å². The zero-order valence-corrected chi connectivity index (χ0v) is 16.2. The van der Waals surface area contributed by atoms with Crippen LogP contribution in [0.5, 0.6) is 0 Å². The predicted molar refractivity (Wildman–Crippen MR) is 94.7 cm³/mol. The summed E-state index contributed by atoms with van der Waals surface area (Å²) < 4.78 is 37.2. The number of pyridine rings is 1. The molecule has 1 N–H and O–H groups in total. The van der Waals surface area contributed by atoms with E-state index in [1.807, 2.05) is 0 Å². The minimum atomic E-state index is -4.12. The molecule has 0 aliphatic carbocycles. The van der Waals surface area contributed by atoms with Crippen LogP contribution in [0.4, 0.5) is 0 Å². The van der Waals surface area contributed by atoms with Crippen LogP contribution >= 0.6 is 11.3 Å². The Kier molecular flexibility index (Phi) is 6.11. The SMILES string of the molecule is COC(=O)c1sc(S(=O)(=O)N[C@@H](C)c2ccccn2)c(C(=O)OC)c1C. The number of nitrogens with one attached hydrogen (secondary N) is 1. The van der Waals surface area contributed by atoms with Crippen LogP contribution in [0, 0.1) is 6.92 Å². The van der Waals surface area contributed by atoms with Gasteiger partial charge in [-0.25, -0.2) is 22.7 Å². The number of esters is 2. The Bertz CT molecular complexity index is 922. The second kappa shape index (κ2) is 7.94. The summed E-state index contributed by atoms with van der Waals surface area (Å²) in [5.74, 6) is -1.57. The first-order chi connectivity index (χ1) is 12.2. The van der Waals surface area contributed by atoms with Crippen LogP contribution in [0.15, 0.2) is 28.6 Å². The summed E-state index contributed by atoms with van der Waals surface area (Å²) >= 11 is 0.660. The second-order valence-corrected chi connectivity index (χ2v) is 8.23. The number of ether oxygens (including phenoxy) is 2. The molecule has 0 fully saturated rings.